The third-order valence-corrected chi connectivity index (χ3v) is 3.17. The number of hydrogen-bond acceptors (Lipinski definition) is 8. The average Bonchev–Trinajstić information content (AvgIpc) is 2.57. The first-order valence-electron chi connectivity index (χ1n) is 6.34. The van der Waals surface area contributed by atoms with Crippen molar-refractivity contribution in [3.63, 3.8) is 0 Å². The quantitative estimate of drug-likeness (QED) is 0.600. The molecule has 0 aliphatic heterocycles. The van der Waals surface area contributed by atoms with Crippen LogP contribution >= 0.6 is 0 Å². The van der Waals surface area contributed by atoms with Gasteiger partial charge in [-0.1, -0.05) is 0 Å². The summed E-state index contributed by atoms with van der Waals surface area (Å²) in [5, 5.41) is 0. The fourth-order valence-corrected chi connectivity index (χ4v) is 2.09. The van der Waals surface area contributed by atoms with Crippen LogP contribution in [-0.4, -0.2) is 52.3 Å². The molecule has 8 nitrogen and oxygen atoms in total. The molecule has 0 unspecified atom stereocenters. The Morgan fingerprint density at radius 1 is 0.652 bits per heavy atom. The molecule has 1 aromatic rings. The summed E-state index contributed by atoms with van der Waals surface area (Å²) >= 11 is 0. The van der Waals surface area contributed by atoms with Crippen LogP contribution in [0.25, 0.3) is 0 Å². The first-order chi connectivity index (χ1) is 10.8. The first-order valence-corrected chi connectivity index (χ1v) is 6.34. The second-order valence-electron chi connectivity index (χ2n) is 4.31. The van der Waals surface area contributed by atoms with Gasteiger partial charge >= 0.3 is 23.9 Å². The van der Waals surface area contributed by atoms with Crippen molar-refractivity contribution in [3.05, 3.63) is 33.9 Å². The maximum absolute atomic E-state index is 12.0. The minimum Gasteiger partial charge on any atom is -0.465 e. The molecule has 0 aliphatic carbocycles. The normalized spacial score (nSPS) is 9.78. The van der Waals surface area contributed by atoms with Gasteiger partial charge in [-0.15, -0.1) is 0 Å². The van der Waals surface area contributed by atoms with Gasteiger partial charge in [-0.2, -0.15) is 0 Å². The molecule has 0 amide bonds. The van der Waals surface area contributed by atoms with E-state index in [1.54, 1.807) is 0 Å². The molecule has 0 aliphatic rings. The second kappa shape index (κ2) is 7.39. The highest BCUT2D eigenvalue weighted by Crippen LogP contribution is 2.26. The number of esters is 4. The monoisotopic (exact) mass is 324 g/mol. The standard InChI is InChI=1S/C15H16O8/c1-7-10(14(18)22-4)8(12(16)20-2)6-9(13(17)21-3)11(7)15(19)23-5/h6H,1-5H3. The zero-order valence-electron chi connectivity index (χ0n) is 13.3. The van der Waals surface area contributed by atoms with Crippen LogP contribution < -0.4 is 0 Å². The molecule has 0 atom stereocenters. The lowest BCUT2D eigenvalue weighted by atomic mass is 9.92. The van der Waals surface area contributed by atoms with Crippen molar-refractivity contribution in [2.24, 2.45) is 0 Å². The summed E-state index contributed by atoms with van der Waals surface area (Å²) in [6.07, 6.45) is 0. The van der Waals surface area contributed by atoms with Gasteiger partial charge in [0.15, 0.2) is 0 Å². The van der Waals surface area contributed by atoms with Crippen LogP contribution in [0.5, 0.6) is 0 Å². The van der Waals surface area contributed by atoms with Gasteiger partial charge in [-0.3, -0.25) is 0 Å². The second-order valence-corrected chi connectivity index (χ2v) is 4.31. The predicted molar refractivity (Wildman–Crippen MR) is 76.5 cm³/mol. The number of carbonyl (C=O) groups excluding carboxylic acids is 4. The van der Waals surface area contributed by atoms with E-state index >= 15 is 0 Å². The van der Waals surface area contributed by atoms with Crippen LogP contribution in [-0.2, 0) is 18.9 Å². The molecule has 1 aromatic carbocycles. The summed E-state index contributed by atoms with van der Waals surface area (Å²) in [7, 11) is 4.47. The Kier molecular flexibility index (Phi) is 5.83. The fourth-order valence-electron chi connectivity index (χ4n) is 2.09. The number of methoxy groups -OCH3 is 4. The Morgan fingerprint density at radius 3 is 1.22 bits per heavy atom. The number of benzene rings is 1. The third-order valence-electron chi connectivity index (χ3n) is 3.17. The fraction of sp³-hybridized carbons (Fsp3) is 0.333. The highest BCUT2D eigenvalue weighted by Gasteiger charge is 2.31. The van der Waals surface area contributed by atoms with Gasteiger partial charge in [0.25, 0.3) is 0 Å². The molecular weight excluding hydrogens is 308 g/mol. The smallest absolute Gasteiger partial charge is 0.339 e. The molecule has 8 heteroatoms. The number of ether oxygens (including phenoxy) is 4. The zero-order chi connectivity index (χ0) is 17.7. The van der Waals surface area contributed by atoms with Crippen LogP contribution in [0, 0.1) is 6.92 Å². The Hall–Kier alpha value is -2.90. The summed E-state index contributed by atoms with van der Waals surface area (Å²) in [5.41, 5.74) is -0.762. The SMILES string of the molecule is COC(=O)c1cc(C(=O)OC)c(C(=O)OC)c(C)c1C(=O)OC. The van der Waals surface area contributed by atoms with Crippen molar-refractivity contribution >= 4 is 23.9 Å². The maximum Gasteiger partial charge on any atom is 0.339 e. The van der Waals surface area contributed by atoms with Crippen molar-refractivity contribution < 1.29 is 38.1 Å². The molecule has 0 spiro atoms. The average molecular weight is 324 g/mol. The van der Waals surface area contributed by atoms with Crippen LogP contribution in [0.3, 0.4) is 0 Å². The molecule has 124 valence electrons. The van der Waals surface area contributed by atoms with Crippen molar-refractivity contribution in [2.75, 3.05) is 28.4 Å². The van der Waals surface area contributed by atoms with Crippen molar-refractivity contribution in [2.45, 2.75) is 6.92 Å². The molecule has 0 bridgehead atoms. The summed E-state index contributed by atoms with van der Waals surface area (Å²) in [4.78, 5) is 47.8. The highest BCUT2D eigenvalue weighted by atomic mass is 16.5. The van der Waals surface area contributed by atoms with Crippen molar-refractivity contribution in [3.8, 4) is 0 Å². The lowest BCUT2D eigenvalue weighted by molar-refractivity contribution is 0.0538. The molecule has 0 N–H and O–H groups in total. The summed E-state index contributed by atoms with van der Waals surface area (Å²) < 4.78 is 18.5. The number of hydrogen-bond donors (Lipinski definition) is 0. The molecule has 1 rings (SSSR count). The van der Waals surface area contributed by atoms with E-state index in [0.29, 0.717) is 0 Å². The third kappa shape index (κ3) is 3.31. The zero-order valence-corrected chi connectivity index (χ0v) is 13.3. The Bertz CT molecular complexity index is 620. The van der Waals surface area contributed by atoms with Gasteiger partial charge < -0.3 is 18.9 Å². The molecule has 0 heterocycles. The largest absolute Gasteiger partial charge is 0.465 e. The minimum absolute atomic E-state index is 0.0481. The molecule has 0 aromatic heterocycles. The van der Waals surface area contributed by atoms with Gasteiger partial charge in [0, 0.05) is 0 Å². The van der Waals surface area contributed by atoms with E-state index in [1.807, 2.05) is 0 Å². The van der Waals surface area contributed by atoms with E-state index in [2.05, 4.69) is 18.9 Å². The summed E-state index contributed by atoms with van der Waals surface area (Å²) in [6.45, 7) is 1.39. The Balaban J connectivity index is 3.90. The highest BCUT2D eigenvalue weighted by molar-refractivity contribution is 6.12. The van der Waals surface area contributed by atoms with Crippen LogP contribution in [0.1, 0.15) is 47.0 Å². The molecule has 0 radical (unpaired) electrons. The van der Waals surface area contributed by atoms with Gasteiger partial charge in [0.2, 0.25) is 0 Å². The minimum atomic E-state index is -0.866. The lowest BCUT2D eigenvalue weighted by Gasteiger charge is -2.16. The molecule has 0 saturated heterocycles. The van der Waals surface area contributed by atoms with E-state index in [4.69, 9.17) is 0 Å². The Morgan fingerprint density at radius 2 is 0.957 bits per heavy atom. The van der Waals surface area contributed by atoms with Gasteiger partial charge in [0.05, 0.1) is 50.7 Å². The predicted octanol–water partition coefficient (Wildman–Crippen LogP) is 1.14. The van der Waals surface area contributed by atoms with Crippen molar-refractivity contribution in [1.29, 1.82) is 0 Å². The van der Waals surface area contributed by atoms with Crippen LogP contribution in [0.2, 0.25) is 0 Å². The number of carbonyl (C=O) groups is 4. The van der Waals surface area contributed by atoms with E-state index in [-0.39, 0.29) is 27.8 Å². The topological polar surface area (TPSA) is 105 Å². The van der Waals surface area contributed by atoms with E-state index in [0.717, 1.165) is 34.5 Å². The molecule has 0 saturated carbocycles. The maximum atomic E-state index is 12.0. The summed E-state index contributed by atoms with van der Waals surface area (Å²) in [5.74, 6) is -3.45. The number of rotatable bonds is 4. The van der Waals surface area contributed by atoms with Crippen LogP contribution in [0.15, 0.2) is 6.07 Å². The van der Waals surface area contributed by atoms with E-state index in [9.17, 15) is 19.2 Å². The lowest BCUT2D eigenvalue weighted by Crippen LogP contribution is -2.21. The van der Waals surface area contributed by atoms with Crippen LogP contribution in [0.4, 0.5) is 0 Å². The molecule has 23 heavy (non-hydrogen) atoms. The van der Waals surface area contributed by atoms with E-state index < -0.39 is 23.9 Å². The molecular formula is C15H16O8. The molecule has 0 fully saturated rings. The first kappa shape index (κ1) is 18.1. The van der Waals surface area contributed by atoms with Gasteiger partial charge in [-0.25, -0.2) is 19.2 Å². The van der Waals surface area contributed by atoms with E-state index in [1.165, 1.54) is 6.92 Å². The summed E-state index contributed by atoms with van der Waals surface area (Å²) in [6, 6.07) is 1.04. The van der Waals surface area contributed by atoms with Gasteiger partial charge in [0.1, 0.15) is 0 Å². The van der Waals surface area contributed by atoms with Gasteiger partial charge in [-0.05, 0) is 18.6 Å². The Labute approximate surface area is 132 Å². The van der Waals surface area contributed by atoms with Crippen molar-refractivity contribution in [1.82, 2.24) is 0 Å².